The van der Waals surface area contributed by atoms with Crippen LogP contribution in [0.3, 0.4) is 0 Å². The lowest BCUT2D eigenvalue weighted by Crippen LogP contribution is -1.87. The third-order valence-electron chi connectivity index (χ3n) is 3.61. The van der Waals surface area contributed by atoms with Gasteiger partial charge < -0.3 is 10.5 Å². The molecule has 23 heavy (non-hydrogen) atoms. The van der Waals surface area contributed by atoms with E-state index in [-0.39, 0.29) is 0 Å². The number of thiazole rings is 1. The Morgan fingerprint density at radius 3 is 2.57 bits per heavy atom. The van der Waals surface area contributed by atoms with Crippen LogP contribution in [0, 0.1) is 6.92 Å². The number of nitrogen functional groups attached to an aromatic ring is 1. The molecule has 1 aromatic heterocycles. The van der Waals surface area contributed by atoms with Crippen LogP contribution in [0.4, 0.5) is 5.00 Å². The van der Waals surface area contributed by atoms with Crippen LogP contribution < -0.4 is 10.5 Å². The SMILES string of the molecule is COc1ccc(-c2nc(SCc3ccccc3C)sc2N)cc1. The molecule has 0 radical (unpaired) electrons. The molecule has 118 valence electrons. The summed E-state index contributed by atoms with van der Waals surface area (Å²) in [5, 5.41) is 0.752. The second kappa shape index (κ2) is 7.06. The number of thioether (sulfide) groups is 1. The van der Waals surface area contributed by atoms with Gasteiger partial charge in [-0.3, -0.25) is 0 Å². The van der Waals surface area contributed by atoms with E-state index >= 15 is 0 Å². The molecule has 0 amide bonds. The molecule has 5 heteroatoms. The number of aryl methyl sites for hydroxylation is 1. The Morgan fingerprint density at radius 1 is 1.13 bits per heavy atom. The van der Waals surface area contributed by atoms with E-state index in [0.29, 0.717) is 0 Å². The van der Waals surface area contributed by atoms with Crippen molar-refractivity contribution in [1.29, 1.82) is 0 Å². The Labute approximate surface area is 144 Å². The summed E-state index contributed by atoms with van der Waals surface area (Å²) in [6, 6.07) is 16.2. The minimum Gasteiger partial charge on any atom is -0.497 e. The summed E-state index contributed by atoms with van der Waals surface area (Å²) in [6.07, 6.45) is 0. The van der Waals surface area contributed by atoms with Gasteiger partial charge in [0.25, 0.3) is 0 Å². The van der Waals surface area contributed by atoms with Gasteiger partial charge in [-0.1, -0.05) is 47.4 Å². The zero-order valence-electron chi connectivity index (χ0n) is 13.1. The van der Waals surface area contributed by atoms with Crippen molar-refractivity contribution in [1.82, 2.24) is 4.98 Å². The molecule has 0 bridgehead atoms. The first kappa shape index (κ1) is 15.9. The molecular formula is C18H18N2OS2. The Bertz CT molecular complexity index is 797. The maximum Gasteiger partial charge on any atom is 0.152 e. The number of nitrogens with zero attached hydrogens (tertiary/aromatic N) is 1. The molecule has 0 unspecified atom stereocenters. The van der Waals surface area contributed by atoms with Gasteiger partial charge in [-0.05, 0) is 42.3 Å². The summed E-state index contributed by atoms with van der Waals surface area (Å²) in [6.45, 7) is 2.13. The first-order valence-corrected chi connectivity index (χ1v) is 9.05. The van der Waals surface area contributed by atoms with E-state index in [9.17, 15) is 0 Å². The number of hydrogen-bond acceptors (Lipinski definition) is 5. The van der Waals surface area contributed by atoms with E-state index in [1.165, 1.54) is 11.1 Å². The molecule has 0 atom stereocenters. The van der Waals surface area contributed by atoms with Gasteiger partial charge in [0.2, 0.25) is 0 Å². The largest absolute Gasteiger partial charge is 0.497 e. The molecule has 3 aromatic rings. The molecular weight excluding hydrogens is 324 g/mol. The van der Waals surface area contributed by atoms with Crippen molar-refractivity contribution in [2.24, 2.45) is 0 Å². The zero-order chi connectivity index (χ0) is 16.2. The standard InChI is InChI=1S/C18H18N2OS2/c1-12-5-3-4-6-14(12)11-22-18-20-16(17(19)23-18)13-7-9-15(21-2)10-8-13/h3-10H,11,19H2,1-2H3. The average molecular weight is 342 g/mol. The van der Waals surface area contributed by atoms with Gasteiger partial charge >= 0.3 is 0 Å². The maximum atomic E-state index is 6.15. The number of hydrogen-bond donors (Lipinski definition) is 1. The Hall–Kier alpha value is -1.98. The van der Waals surface area contributed by atoms with E-state index in [1.54, 1.807) is 30.2 Å². The minimum atomic E-state index is 0.752. The molecule has 0 aliphatic rings. The van der Waals surface area contributed by atoms with Crippen LogP contribution in [0.2, 0.25) is 0 Å². The van der Waals surface area contributed by atoms with Crippen LogP contribution in [0.1, 0.15) is 11.1 Å². The predicted molar refractivity (Wildman–Crippen MR) is 99.3 cm³/mol. The van der Waals surface area contributed by atoms with Crippen molar-refractivity contribution in [3.63, 3.8) is 0 Å². The minimum absolute atomic E-state index is 0.752. The molecule has 3 nitrogen and oxygen atoms in total. The number of benzene rings is 2. The van der Waals surface area contributed by atoms with Gasteiger partial charge in [0.15, 0.2) is 4.34 Å². The molecule has 0 spiro atoms. The van der Waals surface area contributed by atoms with Crippen LogP contribution in [-0.2, 0) is 5.75 Å². The van der Waals surface area contributed by atoms with Crippen LogP contribution in [-0.4, -0.2) is 12.1 Å². The van der Waals surface area contributed by atoms with Crippen molar-refractivity contribution < 1.29 is 4.74 Å². The summed E-state index contributed by atoms with van der Waals surface area (Å²) < 4.78 is 6.18. The lowest BCUT2D eigenvalue weighted by atomic mass is 10.1. The molecule has 0 aliphatic heterocycles. The second-order valence-electron chi connectivity index (χ2n) is 5.14. The van der Waals surface area contributed by atoms with Crippen molar-refractivity contribution in [3.8, 4) is 17.0 Å². The molecule has 0 saturated heterocycles. The second-order valence-corrected chi connectivity index (χ2v) is 7.39. The molecule has 1 heterocycles. The number of anilines is 1. The normalized spacial score (nSPS) is 10.7. The summed E-state index contributed by atoms with van der Waals surface area (Å²) in [4.78, 5) is 4.70. The van der Waals surface area contributed by atoms with Gasteiger partial charge in [-0.15, -0.1) is 0 Å². The van der Waals surface area contributed by atoms with E-state index < -0.39 is 0 Å². The molecule has 2 aromatic carbocycles. The maximum absolute atomic E-state index is 6.15. The lowest BCUT2D eigenvalue weighted by Gasteiger charge is -2.03. The van der Waals surface area contributed by atoms with Gasteiger partial charge in [-0.2, -0.15) is 0 Å². The van der Waals surface area contributed by atoms with E-state index in [4.69, 9.17) is 15.5 Å². The molecule has 0 saturated carbocycles. The third-order valence-corrected chi connectivity index (χ3v) is 5.69. The Morgan fingerprint density at radius 2 is 1.87 bits per heavy atom. The van der Waals surface area contributed by atoms with Crippen molar-refractivity contribution >= 4 is 28.1 Å². The molecule has 2 N–H and O–H groups in total. The summed E-state index contributed by atoms with van der Waals surface area (Å²) >= 11 is 3.27. The van der Waals surface area contributed by atoms with E-state index in [2.05, 4.69) is 31.2 Å². The number of ether oxygens (including phenoxy) is 1. The highest BCUT2D eigenvalue weighted by molar-refractivity contribution is 8.00. The number of aromatic nitrogens is 1. The fourth-order valence-electron chi connectivity index (χ4n) is 2.24. The van der Waals surface area contributed by atoms with Crippen molar-refractivity contribution in [2.75, 3.05) is 12.8 Å². The topological polar surface area (TPSA) is 48.1 Å². The van der Waals surface area contributed by atoms with Gasteiger partial charge in [-0.25, -0.2) is 4.98 Å². The molecule has 0 fully saturated rings. The molecule has 3 rings (SSSR count). The van der Waals surface area contributed by atoms with Crippen molar-refractivity contribution in [3.05, 3.63) is 59.7 Å². The summed E-state index contributed by atoms with van der Waals surface area (Å²) in [5.41, 5.74) is 10.7. The predicted octanol–water partition coefficient (Wildman–Crippen LogP) is 5.00. The first-order valence-electron chi connectivity index (χ1n) is 7.25. The highest BCUT2D eigenvalue weighted by atomic mass is 32.2. The van der Waals surface area contributed by atoms with Crippen LogP contribution >= 0.6 is 23.1 Å². The van der Waals surface area contributed by atoms with Crippen LogP contribution in [0.15, 0.2) is 52.9 Å². The highest BCUT2D eigenvalue weighted by Gasteiger charge is 2.11. The zero-order valence-corrected chi connectivity index (χ0v) is 14.7. The average Bonchev–Trinajstić information content (AvgIpc) is 2.95. The third kappa shape index (κ3) is 3.68. The van der Waals surface area contributed by atoms with Gasteiger partial charge in [0, 0.05) is 11.3 Å². The number of nitrogens with two attached hydrogens (primary N) is 1. The Balaban J connectivity index is 1.76. The van der Waals surface area contributed by atoms with Gasteiger partial charge in [0.05, 0.1) is 7.11 Å². The van der Waals surface area contributed by atoms with E-state index in [0.717, 1.165) is 32.1 Å². The van der Waals surface area contributed by atoms with Crippen molar-refractivity contribution in [2.45, 2.75) is 17.0 Å². The summed E-state index contributed by atoms with van der Waals surface area (Å²) in [7, 11) is 1.66. The summed E-state index contributed by atoms with van der Waals surface area (Å²) in [5.74, 6) is 1.73. The fraction of sp³-hybridized carbons (Fsp3) is 0.167. The molecule has 0 aliphatic carbocycles. The van der Waals surface area contributed by atoms with Crippen LogP contribution in [0.5, 0.6) is 5.75 Å². The highest BCUT2D eigenvalue weighted by Crippen LogP contribution is 2.37. The lowest BCUT2D eigenvalue weighted by molar-refractivity contribution is 0.415. The smallest absolute Gasteiger partial charge is 0.152 e. The number of rotatable bonds is 5. The fourth-order valence-corrected chi connectivity index (χ4v) is 4.27. The monoisotopic (exact) mass is 342 g/mol. The Kier molecular flexibility index (Phi) is 4.88. The van der Waals surface area contributed by atoms with E-state index in [1.807, 2.05) is 24.3 Å². The van der Waals surface area contributed by atoms with Crippen LogP contribution in [0.25, 0.3) is 11.3 Å². The number of methoxy groups -OCH3 is 1. The van der Waals surface area contributed by atoms with Gasteiger partial charge in [0.1, 0.15) is 16.4 Å². The quantitative estimate of drug-likeness (QED) is 0.663. The first-order chi connectivity index (χ1) is 11.2.